The zero-order valence-corrected chi connectivity index (χ0v) is 13.5. The SMILES string of the molecule is CNC(CC1CCSCC1)c1ccc(OC)cc1OC. The van der Waals surface area contributed by atoms with Crippen LogP contribution in [0.2, 0.25) is 0 Å². The Morgan fingerprint density at radius 1 is 1.25 bits per heavy atom. The fraction of sp³-hybridized carbons (Fsp3) is 0.625. The number of hydrogen-bond donors (Lipinski definition) is 1. The van der Waals surface area contributed by atoms with Gasteiger partial charge >= 0.3 is 0 Å². The molecule has 2 rings (SSSR count). The Balaban J connectivity index is 2.13. The molecule has 1 saturated heterocycles. The van der Waals surface area contributed by atoms with E-state index in [2.05, 4.69) is 23.1 Å². The predicted octanol–water partition coefficient (Wildman–Crippen LogP) is 3.50. The minimum absolute atomic E-state index is 0.351. The van der Waals surface area contributed by atoms with Crippen molar-refractivity contribution in [3.8, 4) is 11.5 Å². The van der Waals surface area contributed by atoms with Crippen LogP contribution in [0.4, 0.5) is 0 Å². The summed E-state index contributed by atoms with van der Waals surface area (Å²) in [6.07, 6.45) is 3.85. The normalized spacial score (nSPS) is 17.8. The van der Waals surface area contributed by atoms with Crippen molar-refractivity contribution in [1.82, 2.24) is 5.32 Å². The Morgan fingerprint density at radius 2 is 2.00 bits per heavy atom. The summed E-state index contributed by atoms with van der Waals surface area (Å²) in [4.78, 5) is 0. The summed E-state index contributed by atoms with van der Waals surface area (Å²) in [5.74, 6) is 5.19. The highest BCUT2D eigenvalue weighted by atomic mass is 32.2. The molecule has 112 valence electrons. The van der Waals surface area contributed by atoms with E-state index in [4.69, 9.17) is 9.47 Å². The number of ether oxygens (including phenoxy) is 2. The number of nitrogens with one attached hydrogen (secondary N) is 1. The van der Waals surface area contributed by atoms with Crippen molar-refractivity contribution in [1.29, 1.82) is 0 Å². The highest BCUT2D eigenvalue weighted by Crippen LogP contribution is 2.35. The lowest BCUT2D eigenvalue weighted by molar-refractivity contribution is 0.359. The molecular formula is C16H25NO2S. The summed E-state index contributed by atoms with van der Waals surface area (Å²) in [7, 11) is 5.44. The molecule has 1 aromatic rings. The van der Waals surface area contributed by atoms with Gasteiger partial charge in [-0.3, -0.25) is 0 Å². The monoisotopic (exact) mass is 295 g/mol. The number of thioether (sulfide) groups is 1. The topological polar surface area (TPSA) is 30.5 Å². The van der Waals surface area contributed by atoms with Crippen LogP contribution in [0.5, 0.6) is 11.5 Å². The number of rotatable bonds is 6. The standard InChI is InChI=1S/C16H25NO2S/c1-17-15(10-12-6-8-20-9-7-12)14-5-4-13(18-2)11-16(14)19-3/h4-5,11-12,15,17H,6-10H2,1-3H3. The third kappa shape index (κ3) is 3.83. The van der Waals surface area contributed by atoms with E-state index in [0.29, 0.717) is 6.04 Å². The third-order valence-electron chi connectivity index (χ3n) is 4.07. The van der Waals surface area contributed by atoms with E-state index in [1.807, 2.05) is 19.2 Å². The first-order valence-corrected chi connectivity index (χ1v) is 8.41. The van der Waals surface area contributed by atoms with Gasteiger partial charge in [0.15, 0.2) is 0 Å². The van der Waals surface area contributed by atoms with Crippen molar-refractivity contribution in [2.45, 2.75) is 25.3 Å². The minimum atomic E-state index is 0.351. The maximum atomic E-state index is 5.54. The van der Waals surface area contributed by atoms with Crippen LogP contribution in [0.25, 0.3) is 0 Å². The molecule has 1 N–H and O–H groups in total. The molecule has 0 bridgehead atoms. The quantitative estimate of drug-likeness (QED) is 0.870. The number of benzene rings is 1. The first-order valence-electron chi connectivity index (χ1n) is 7.25. The van der Waals surface area contributed by atoms with E-state index in [1.54, 1.807) is 14.2 Å². The van der Waals surface area contributed by atoms with Gasteiger partial charge in [0.1, 0.15) is 11.5 Å². The zero-order chi connectivity index (χ0) is 14.4. The van der Waals surface area contributed by atoms with Crippen LogP contribution in [-0.4, -0.2) is 32.8 Å². The number of hydrogen-bond acceptors (Lipinski definition) is 4. The lowest BCUT2D eigenvalue weighted by atomic mass is 9.90. The van der Waals surface area contributed by atoms with Crippen LogP contribution in [0.3, 0.4) is 0 Å². The molecule has 0 amide bonds. The van der Waals surface area contributed by atoms with Crippen molar-refractivity contribution < 1.29 is 9.47 Å². The van der Waals surface area contributed by atoms with Gasteiger partial charge in [-0.2, -0.15) is 11.8 Å². The largest absolute Gasteiger partial charge is 0.497 e. The van der Waals surface area contributed by atoms with Crippen molar-refractivity contribution in [3.63, 3.8) is 0 Å². The molecule has 1 heterocycles. The molecule has 4 heteroatoms. The second-order valence-corrected chi connectivity index (χ2v) is 6.47. The molecule has 0 radical (unpaired) electrons. The van der Waals surface area contributed by atoms with E-state index >= 15 is 0 Å². The van der Waals surface area contributed by atoms with Crippen molar-refractivity contribution >= 4 is 11.8 Å². The average molecular weight is 295 g/mol. The molecule has 1 atom stereocenters. The van der Waals surface area contributed by atoms with E-state index in [1.165, 1.54) is 36.3 Å². The molecule has 0 aliphatic carbocycles. The van der Waals surface area contributed by atoms with E-state index in [9.17, 15) is 0 Å². The van der Waals surface area contributed by atoms with Crippen molar-refractivity contribution in [2.24, 2.45) is 5.92 Å². The van der Waals surface area contributed by atoms with Crippen molar-refractivity contribution in [3.05, 3.63) is 23.8 Å². The molecule has 1 fully saturated rings. The zero-order valence-electron chi connectivity index (χ0n) is 12.6. The molecule has 1 unspecified atom stereocenters. The van der Waals surface area contributed by atoms with E-state index < -0.39 is 0 Å². The second kappa shape index (κ2) is 7.79. The van der Waals surface area contributed by atoms with Crippen LogP contribution in [0, 0.1) is 5.92 Å². The van der Waals surface area contributed by atoms with Gasteiger partial charge in [-0.05, 0) is 49.8 Å². The Labute approximate surface area is 126 Å². The molecule has 0 saturated carbocycles. The Bertz CT molecular complexity index is 419. The van der Waals surface area contributed by atoms with Gasteiger partial charge in [-0.1, -0.05) is 6.07 Å². The van der Waals surface area contributed by atoms with Gasteiger partial charge in [0.2, 0.25) is 0 Å². The van der Waals surface area contributed by atoms with Gasteiger partial charge in [-0.15, -0.1) is 0 Å². The van der Waals surface area contributed by atoms with Gasteiger partial charge in [0, 0.05) is 17.7 Å². The van der Waals surface area contributed by atoms with Gasteiger partial charge in [0.05, 0.1) is 14.2 Å². The Morgan fingerprint density at radius 3 is 2.60 bits per heavy atom. The van der Waals surface area contributed by atoms with Crippen LogP contribution in [0.15, 0.2) is 18.2 Å². The first kappa shape index (κ1) is 15.5. The lowest BCUT2D eigenvalue weighted by Crippen LogP contribution is -2.22. The van der Waals surface area contributed by atoms with Gasteiger partial charge in [-0.25, -0.2) is 0 Å². The minimum Gasteiger partial charge on any atom is -0.497 e. The van der Waals surface area contributed by atoms with Crippen LogP contribution < -0.4 is 14.8 Å². The van der Waals surface area contributed by atoms with Crippen LogP contribution in [0.1, 0.15) is 30.9 Å². The maximum Gasteiger partial charge on any atom is 0.127 e. The smallest absolute Gasteiger partial charge is 0.127 e. The molecule has 1 aliphatic heterocycles. The average Bonchev–Trinajstić information content (AvgIpc) is 2.53. The Kier molecular flexibility index (Phi) is 6.05. The summed E-state index contributed by atoms with van der Waals surface area (Å²) in [5, 5.41) is 3.45. The molecule has 3 nitrogen and oxygen atoms in total. The Hall–Kier alpha value is -0.870. The fourth-order valence-corrected chi connectivity index (χ4v) is 4.03. The van der Waals surface area contributed by atoms with E-state index in [0.717, 1.165) is 17.4 Å². The first-order chi connectivity index (χ1) is 9.78. The predicted molar refractivity (Wildman–Crippen MR) is 86.0 cm³/mol. The molecule has 20 heavy (non-hydrogen) atoms. The van der Waals surface area contributed by atoms with Crippen molar-refractivity contribution in [2.75, 3.05) is 32.8 Å². The highest BCUT2D eigenvalue weighted by Gasteiger charge is 2.21. The molecule has 0 aromatic heterocycles. The van der Waals surface area contributed by atoms with Crippen LogP contribution >= 0.6 is 11.8 Å². The lowest BCUT2D eigenvalue weighted by Gasteiger charge is -2.27. The summed E-state index contributed by atoms with van der Waals surface area (Å²) in [6.45, 7) is 0. The molecule has 1 aromatic carbocycles. The fourth-order valence-electron chi connectivity index (χ4n) is 2.82. The van der Waals surface area contributed by atoms with E-state index in [-0.39, 0.29) is 0 Å². The van der Waals surface area contributed by atoms with Gasteiger partial charge < -0.3 is 14.8 Å². The third-order valence-corrected chi connectivity index (χ3v) is 5.12. The summed E-state index contributed by atoms with van der Waals surface area (Å²) in [6, 6.07) is 6.45. The van der Waals surface area contributed by atoms with Crippen LogP contribution in [-0.2, 0) is 0 Å². The summed E-state index contributed by atoms with van der Waals surface area (Å²) >= 11 is 2.08. The molecule has 0 spiro atoms. The summed E-state index contributed by atoms with van der Waals surface area (Å²) < 4.78 is 10.8. The second-order valence-electron chi connectivity index (χ2n) is 5.24. The number of methoxy groups -OCH3 is 2. The maximum absolute atomic E-state index is 5.54. The summed E-state index contributed by atoms with van der Waals surface area (Å²) in [5.41, 5.74) is 1.23. The van der Waals surface area contributed by atoms with Gasteiger partial charge in [0.25, 0.3) is 0 Å². The molecular weight excluding hydrogens is 270 g/mol. The highest BCUT2D eigenvalue weighted by molar-refractivity contribution is 7.99. The molecule has 1 aliphatic rings.